The predicted octanol–water partition coefficient (Wildman–Crippen LogP) is 3.95. The van der Waals surface area contributed by atoms with Gasteiger partial charge in [0.05, 0.1) is 17.7 Å². The molecule has 156 valence electrons. The number of amides is 1. The number of anilines is 1. The quantitative estimate of drug-likeness (QED) is 0.687. The van der Waals surface area contributed by atoms with Gasteiger partial charge >= 0.3 is 0 Å². The van der Waals surface area contributed by atoms with Crippen molar-refractivity contribution in [3.8, 4) is 5.75 Å². The minimum Gasteiger partial charge on any atom is -0.495 e. The van der Waals surface area contributed by atoms with E-state index in [4.69, 9.17) is 16.3 Å². The van der Waals surface area contributed by atoms with Gasteiger partial charge in [-0.05, 0) is 43.2 Å². The Hall–Kier alpha value is -2.25. The van der Waals surface area contributed by atoms with Gasteiger partial charge in [0.2, 0.25) is 5.91 Å². The Labute approximate surface area is 177 Å². The van der Waals surface area contributed by atoms with Crippen molar-refractivity contribution in [2.45, 2.75) is 30.6 Å². The molecule has 0 radical (unpaired) electrons. The number of benzene rings is 2. The van der Waals surface area contributed by atoms with E-state index in [1.54, 1.807) is 35.2 Å². The van der Waals surface area contributed by atoms with Crippen molar-refractivity contribution in [3.63, 3.8) is 0 Å². The molecule has 2 aromatic carbocycles. The van der Waals surface area contributed by atoms with Crippen molar-refractivity contribution in [2.75, 3.05) is 31.0 Å². The lowest BCUT2D eigenvalue weighted by Gasteiger charge is -2.29. The first kappa shape index (κ1) is 21.5. The zero-order chi connectivity index (χ0) is 20.9. The molecule has 1 aliphatic heterocycles. The van der Waals surface area contributed by atoms with Crippen LogP contribution in [0, 0.1) is 0 Å². The maximum atomic E-state index is 13.5. The molecule has 2 aromatic rings. The number of carbonyl (C=O) groups is 1. The summed E-state index contributed by atoms with van der Waals surface area (Å²) in [7, 11) is -2.54. The Kier molecular flexibility index (Phi) is 7.03. The topological polar surface area (TPSA) is 66.9 Å². The summed E-state index contributed by atoms with van der Waals surface area (Å²) < 4.78 is 33.4. The van der Waals surface area contributed by atoms with E-state index in [2.05, 4.69) is 0 Å². The van der Waals surface area contributed by atoms with Crippen LogP contribution in [0.25, 0.3) is 0 Å². The first-order valence-electron chi connectivity index (χ1n) is 9.62. The molecule has 0 atom stereocenters. The highest BCUT2D eigenvalue weighted by molar-refractivity contribution is 7.92. The highest BCUT2D eigenvalue weighted by atomic mass is 35.5. The lowest BCUT2D eigenvalue weighted by atomic mass is 10.2. The summed E-state index contributed by atoms with van der Waals surface area (Å²) in [5, 5.41) is 0.358. The molecule has 0 aliphatic carbocycles. The average Bonchev–Trinajstić information content (AvgIpc) is 3.02. The van der Waals surface area contributed by atoms with Gasteiger partial charge in [0.15, 0.2) is 0 Å². The Morgan fingerprint density at radius 1 is 1.07 bits per heavy atom. The fourth-order valence-corrected chi connectivity index (χ4v) is 5.02. The van der Waals surface area contributed by atoms with Crippen LogP contribution in [0.2, 0.25) is 5.02 Å². The Bertz CT molecular complexity index is 942. The molecule has 8 heteroatoms. The number of ether oxygens (including phenoxy) is 1. The molecule has 0 unspecified atom stereocenters. The standard InChI is InChI=1S/C21H25ClN2O4S/c1-28-20-12-11-17(22)15-19(20)24(29(26,27)18-9-5-4-6-10-18)16-21(25)23-13-7-2-3-8-14-23/h4-6,9-12,15H,2-3,7-8,13-14,16H2,1H3. The monoisotopic (exact) mass is 436 g/mol. The number of hydrogen-bond acceptors (Lipinski definition) is 4. The van der Waals surface area contributed by atoms with Crippen molar-refractivity contribution in [3.05, 3.63) is 53.6 Å². The molecule has 0 aromatic heterocycles. The summed E-state index contributed by atoms with van der Waals surface area (Å²) in [5.74, 6) is 0.103. The van der Waals surface area contributed by atoms with E-state index in [-0.39, 0.29) is 23.0 Å². The lowest BCUT2D eigenvalue weighted by Crippen LogP contribution is -2.43. The van der Waals surface area contributed by atoms with Gasteiger partial charge in [-0.25, -0.2) is 8.42 Å². The van der Waals surface area contributed by atoms with Gasteiger partial charge in [-0.15, -0.1) is 0 Å². The van der Waals surface area contributed by atoms with E-state index < -0.39 is 10.0 Å². The third-order valence-corrected chi connectivity index (χ3v) is 6.99. The van der Waals surface area contributed by atoms with Gasteiger partial charge in [-0.3, -0.25) is 9.10 Å². The summed E-state index contributed by atoms with van der Waals surface area (Å²) in [6.45, 7) is 0.976. The highest BCUT2D eigenvalue weighted by Gasteiger charge is 2.31. The maximum absolute atomic E-state index is 13.5. The number of nitrogens with zero attached hydrogens (tertiary/aromatic N) is 2. The van der Waals surface area contributed by atoms with E-state index in [1.807, 2.05) is 0 Å². The van der Waals surface area contributed by atoms with Gasteiger partial charge in [-0.2, -0.15) is 0 Å². The number of sulfonamides is 1. The number of halogens is 1. The van der Waals surface area contributed by atoms with E-state index in [0.717, 1.165) is 30.0 Å². The summed E-state index contributed by atoms with van der Waals surface area (Å²) in [4.78, 5) is 14.9. The van der Waals surface area contributed by atoms with Crippen LogP contribution in [0.5, 0.6) is 5.75 Å². The van der Waals surface area contributed by atoms with Crippen LogP contribution in [0.1, 0.15) is 25.7 Å². The normalized spacial score (nSPS) is 14.9. The number of carbonyl (C=O) groups excluding carboxylic acids is 1. The summed E-state index contributed by atoms with van der Waals surface area (Å²) in [5.41, 5.74) is 0.243. The molecule has 3 rings (SSSR count). The molecule has 1 amide bonds. The van der Waals surface area contributed by atoms with E-state index >= 15 is 0 Å². The fourth-order valence-electron chi connectivity index (χ4n) is 3.42. The van der Waals surface area contributed by atoms with Crippen LogP contribution >= 0.6 is 11.6 Å². The zero-order valence-corrected chi connectivity index (χ0v) is 18.0. The molecule has 0 bridgehead atoms. The SMILES string of the molecule is COc1ccc(Cl)cc1N(CC(=O)N1CCCCCC1)S(=O)(=O)c1ccccc1. The van der Waals surface area contributed by atoms with Gasteiger partial charge < -0.3 is 9.64 Å². The molecule has 1 aliphatic rings. The van der Waals surface area contributed by atoms with Crippen LogP contribution in [-0.4, -0.2) is 46.0 Å². The van der Waals surface area contributed by atoms with Crippen LogP contribution in [-0.2, 0) is 14.8 Å². The molecule has 0 saturated carbocycles. The number of rotatable bonds is 6. The molecule has 0 spiro atoms. The molecule has 1 saturated heterocycles. The average molecular weight is 437 g/mol. The minimum absolute atomic E-state index is 0.102. The Morgan fingerprint density at radius 3 is 2.34 bits per heavy atom. The molecule has 0 N–H and O–H groups in total. The van der Waals surface area contributed by atoms with Crippen LogP contribution in [0.4, 0.5) is 5.69 Å². The van der Waals surface area contributed by atoms with E-state index in [1.165, 1.54) is 25.3 Å². The zero-order valence-electron chi connectivity index (χ0n) is 16.4. The lowest BCUT2D eigenvalue weighted by molar-refractivity contribution is -0.129. The third kappa shape index (κ3) is 5.03. The molecule has 1 fully saturated rings. The minimum atomic E-state index is -4.00. The number of likely N-dealkylation sites (tertiary alicyclic amines) is 1. The maximum Gasteiger partial charge on any atom is 0.264 e. The molecular weight excluding hydrogens is 412 g/mol. The van der Waals surface area contributed by atoms with Crippen molar-refractivity contribution < 1.29 is 17.9 Å². The number of hydrogen-bond donors (Lipinski definition) is 0. The second kappa shape index (κ2) is 9.50. The molecule has 1 heterocycles. The summed E-state index contributed by atoms with van der Waals surface area (Å²) in [6, 6.07) is 12.8. The van der Waals surface area contributed by atoms with E-state index in [0.29, 0.717) is 23.9 Å². The van der Waals surface area contributed by atoms with Crippen molar-refractivity contribution in [1.82, 2.24) is 4.90 Å². The third-order valence-electron chi connectivity index (χ3n) is 4.98. The first-order chi connectivity index (χ1) is 13.9. The van der Waals surface area contributed by atoms with Crippen LogP contribution < -0.4 is 9.04 Å². The summed E-state index contributed by atoms with van der Waals surface area (Å²) in [6.07, 6.45) is 4.02. The van der Waals surface area contributed by atoms with Gasteiger partial charge in [0.1, 0.15) is 12.3 Å². The van der Waals surface area contributed by atoms with Gasteiger partial charge in [-0.1, -0.05) is 42.6 Å². The Morgan fingerprint density at radius 2 is 1.72 bits per heavy atom. The Balaban J connectivity index is 2.02. The highest BCUT2D eigenvalue weighted by Crippen LogP contribution is 2.35. The van der Waals surface area contributed by atoms with Gasteiger partial charge in [0, 0.05) is 18.1 Å². The summed E-state index contributed by atoms with van der Waals surface area (Å²) >= 11 is 6.15. The fraction of sp³-hybridized carbons (Fsp3) is 0.381. The van der Waals surface area contributed by atoms with E-state index in [9.17, 15) is 13.2 Å². The van der Waals surface area contributed by atoms with Crippen LogP contribution in [0.15, 0.2) is 53.4 Å². The molecule has 29 heavy (non-hydrogen) atoms. The number of methoxy groups -OCH3 is 1. The molecule has 6 nitrogen and oxygen atoms in total. The van der Waals surface area contributed by atoms with Crippen molar-refractivity contribution >= 4 is 33.2 Å². The molecular formula is C21H25ClN2O4S. The van der Waals surface area contributed by atoms with Crippen molar-refractivity contribution in [2.24, 2.45) is 0 Å². The largest absolute Gasteiger partial charge is 0.495 e. The first-order valence-corrected chi connectivity index (χ1v) is 11.4. The van der Waals surface area contributed by atoms with Crippen molar-refractivity contribution in [1.29, 1.82) is 0 Å². The predicted molar refractivity (Wildman–Crippen MR) is 114 cm³/mol. The smallest absolute Gasteiger partial charge is 0.264 e. The van der Waals surface area contributed by atoms with Crippen LogP contribution in [0.3, 0.4) is 0 Å². The second-order valence-electron chi connectivity index (χ2n) is 6.94. The van der Waals surface area contributed by atoms with Gasteiger partial charge in [0.25, 0.3) is 10.0 Å². The second-order valence-corrected chi connectivity index (χ2v) is 9.23.